The largest absolute Gasteiger partial charge is 0.395 e. The van der Waals surface area contributed by atoms with Crippen molar-refractivity contribution in [1.82, 2.24) is 4.72 Å². The molecule has 0 saturated heterocycles. The summed E-state index contributed by atoms with van der Waals surface area (Å²) in [6.45, 7) is 0.870. The molecule has 0 aliphatic carbocycles. The maximum absolute atomic E-state index is 11.9. The molecule has 0 fully saturated rings. The Morgan fingerprint density at radius 1 is 1.35 bits per heavy atom. The van der Waals surface area contributed by atoms with E-state index in [1.54, 1.807) is 13.0 Å². The number of halogens is 1. The van der Waals surface area contributed by atoms with Gasteiger partial charge in [0, 0.05) is 4.47 Å². The molecule has 0 aromatic heterocycles. The summed E-state index contributed by atoms with van der Waals surface area (Å²) in [7, 11) is -3.71. The average molecular weight is 324 g/mol. The lowest BCUT2D eigenvalue weighted by Gasteiger charge is -2.14. The van der Waals surface area contributed by atoms with Crippen LogP contribution in [0.4, 0.5) is 0 Å². The van der Waals surface area contributed by atoms with Crippen LogP contribution in [0.5, 0.6) is 0 Å². The van der Waals surface area contributed by atoms with Crippen LogP contribution in [0.2, 0.25) is 0 Å². The molecule has 1 rings (SSSR count). The summed E-state index contributed by atoms with van der Waals surface area (Å²) in [5.41, 5.74) is 0.789. The number of nitrogens with one attached hydrogen (secondary N) is 1. The second-order valence-electron chi connectivity index (χ2n) is 3.59. The van der Waals surface area contributed by atoms with E-state index in [0.717, 1.165) is 10.0 Å². The molecule has 17 heavy (non-hydrogen) atoms. The first-order chi connectivity index (χ1) is 7.90. The van der Waals surface area contributed by atoms with Crippen molar-refractivity contribution in [3.63, 3.8) is 0 Å². The molecule has 0 saturated carbocycles. The van der Waals surface area contributed by atoms with Gasteiger partial charge in [0.2, 0.25) is 10.0 Å². The molecule has 0 heterocycles. The molecular formula is C10H14BrNO4S. The molecule has 0 spiro atoms. The molecule has 7 heteroatoms. The van der Waals surface area contributed by atoms with Crippen LogP contribution >= 0.6 is 15.9 Å². The number of hydrogen-bond acceptors (Lipinski definition) is 4. The van der Waals surface area contributed by atoms with E-state index >= 15 is 0 Å². The molecule has 5 nitrogen and oxygen atoms in total. The molecule has 0 unspecified atom stereocenters. The lowest BCUT2D eigenvalue weighted by molar-refractivity contribution is 0.185. The van der Waals surface area contributed by atoms with E-state index in [2.05, 4.69) is 20.7 Å². The van der Waals surface area contributed by atoms with Gasteiger partial charge in [0.05, 0.1) is 24.2 Å². The van der Waals surface area contributed by atoms with E-state index < -0.39 is 29.3 Å². The van der Waals surface area contributed by atoms with Crippen molar-refractivity contribution in [3.05, 3.63) is 28.2 Å². The van der Waals surface area contributed by atoms with Gasteiger partial charge >= 0.3 is 0 Å². The highest BCUT2D eigenvalue weighted by molar-refractivity contribution is 9.10. The van der Waals surface area contributed by atoms with Gasteiger partial charge in [-0.05, 0) is 30.7 Å². The topological polar surface area (TPSA) is 86.6 Å². The standard InChI is InChI=1S/C10H14BrNO4S/c1-7-4-9(2-3-10(7)11)17(15,16)12-8(5-13)6-14/h2-4,8,12-14H,5-6H2,1H3. The summed E-state index contributed by atoms with van der Waals surface area (Å²) in [6, 6.07) is 3.71. The molecular weight excluding hydrogens is 310 g/mol. The van der Waals surface area contributed by atoms with Crippen LogP contribution in [0.25, 0.3) is 0 Å². The van der Waals surface area contributed by atoms with Gasteiger partial charge in [0.25, 0.3) is 0 Å². The van der Waals surface area contributed by atoms with Crippen LogP contribution in [0.1, 0.15) is 5.56 Å². The van der Waals surface area contributed by atoms with Gasteiger partial charge < -0.3 is 10.2 Å². The highest BCUT2D eigenvalue weighted by Gasteiger charge is 2.19. The first kappa shape index (κ1) is 14.6. The Morgan fingerprint density at radius 2 is 1.94 bits per heavy atom. The van der Waals surface area contributed by atoms with Crippen LogP contribution in [-0.4, -0.2) is 37.9 Å². The fraction of sp³-hybridized carbons (Fsp3) is 0.400. The number of aliphatic hydroxyl groups is 2. The highest BCUT2D eigenvalue weighted by atomic mass is 79.9. The maximum atomic E-state index is 11.9. The summed E-state index contributed by atoms with van der Waals surface area (Å²) >= 11 is 3.28. The van der Waals surface area contributed by atoms with E-state index in [4.69, 9.17) is 10.2 Å². The quantitative estimate of drug-likeness (QED) is 0.731. The Kier molecular flexibility index (Phi) is 5.08. The van der Waals surface area contributed by atoms with Gasteiger partial charge in [-0.1, -0.05) is 15.9 Å². The fourth-order valence-electron chi connectivity index (χ4n) is 1.20. The molecule has 0 atom stereocenters. The smallest absolute Gasteiger partial charge is 0.240 e. The normalized spacial score (nSPS) is 12.1. The van der Waals surface area contributed by atoms with Crippen molar-refractivity contribution in [2.24, 2.45) is 0 Å². The molecule has 0 radical (unpaired) electrons. The number of benzene rings is 1. The predicted octanol–water partition coefficient (Wildman–Crippen LogP) is 0.389. The van der Waals surface area contributed by atoms with Crippen molar-refractivity contribution >= 4 is 26.0 Å². The van der Waals surface area contributed by atoms with E-state index in [9.17, 15) is 8.42 Å². The number of aliphatic hydroxyl groups excluding tert-OH is 2. The number of hydrogen-bond donors (Lipinski definition) is 3. The zero-order chi connectivity index (χ0) is 13.1. The number of aryl methyl sites for hydroxylation is 1. The first-order valence-corrected chi connectivity index (χ1v) is 7.18. The Morgan fingerprint density at radius 3 is 2.41 bits per heavy atom. The van der Waals surface area contributed by atoms with Crippen LogP contribution < -0.4 is 4.72 Å². The van der Waals surface area contributed by atoms with Crippen molar-refractivity contribution in [2.75, 3.05) is 13.2 Å². The van der Waals surface area contributed by atoms with Gasteiger partial charge in [-0.3, -0.25) is 0 Å². The molecule has 0 aliphatic rings. The van der Waals surface area contributed by atoms with Crippen LogP contribution in [0.15, 0.2) is 27.6 Å². The Bertz CT molecular complexity index is 485. The van der Waals surface area contributed by atoms with Gasteiger partial charge in [0.15, 0.2) is 0 Å². The minimum Gasteiger partial charge on any atom is -0.395 e. The Labute approximate surface area is 109 Å². The third kappa shape index (κ3) is 3.75. The first-order valence-electron chi connectivity index (χ1n) is 4.91. The monoisotopic (exact) mass is 323 g/mol. The zero-order valence-electron chi connectivity index (χ0n) is 9.22. The molecule has 1 aromatic carbocycles. The molecule has 96 valence electrons. The SMILES string of the molecule is Cc1cc(S(=O)(=O)NC(CO)CO)ccc1Br. The van der Waals surface area contributed by atoms with Gasteiger partial charge in [-0.25, -0.2) is 13.1 Å². The Hall–Kier alpha value is -0.470. The predicted molar refractivity (Wildman–Crippen MR) is 67.2 cm³/mol. The van der Waals surface area contributed by atoms with Crippen LogP contribution in [0, 0.1) is 6.92 Å². The summed E-state index contributed by atoms with van der Waals surface area (Å²) < 4.78 is 26.8. The van der Waals surface area contributed by atoms with E-state index in [-0.39, 0.29) is 4.90 Å². The molecule has 1 aromatic rings. The lowest BCUT2D eigenvalue weighted by atomic mass is 10.2. The van der Waals surface area contributed by atoms with E-state index in [1.807, 2.05) is 0 Å². The molecule has 0 aliphatic heterocycles. The van der Waals surface area contributed by atoms with Crippen molar-refractivity contribution in [3.8, 4) is 0 Å². The second-order valence-corrected chi connectivity index (χ2v) is 6.16. The molecule has 3 N–H and O–H groups in total. The summed E-state index contributed by atoms with van der Waals surface area (Å²) in [6.07, 6.45) is 0. The van der Waals surface area contributed by atoms with E-state index in [0.29, 0.717) is 0 Å². The highest BCUT2D eigenvalue weighted by Crippen LogP contribution is 2.20. The second kappa shape index (κ2) is 5.92. The summed E-state index contributed by atoms with van der Waals surface area (Å²) in [5.74, 6) is 0. The minimum absolute atomic E-state index is 0.102. The third-order valence-electron chi connectivity index (χ3n) is 2.20. The zero-order valence-corrected chi connectivity index (χ0v) is 11.6. The molecule has 0 bridgehead atoms. The average Bonchev–Trinajstić information content (AvgIpc) is 2.29. The third-order valence-corrected chi connectivity index (χ3v) is 4.61. The van der Waals surface area contributed by atoms with Crippen molar-refractivity contribution < 1.29 is 18.6 Å². The fourth-order valence-corrected chi connectivity index (χ4v) is 2.75. The van der Waals surface area contributed by atoms with Gasteiger partial charge in [0.1, 0.15) is 0 Å². The minimum atomic E-state index is -3.71. The van der Waals surface area contributed by atoms with Crippen LogP contribution in [-0.2, 0) is 10.0 Å². The van der Waals surface area contributed by atoms with Gasteiger partial charge in [-0.15, -0.1) is 0 Å². The number of sulfonamides is 1. The number of rotatable bonds is 5. The molecule has 0 amide bonds. The van der Waals surface area contributed by atoms with Crippen molar-refractivity contribution in [2.45, 2.75) is 17.9 Å². The Balaban J connectivity index is 3.01. The summed E-state index contributed by atoms with van der Waals surface area (Å²) in [5, 5.41) is 17.7. The maximum Gasteiger partial charge on any atom is 0.240 e. The van der Waals surface area contributed by atoms with Crippen molar-refractivity contribution in [1.29, 1.82) is 0 Å². The summed E-state index contributed by atoms with van der Waals surface area (Å²) in [4.78, 5) is 0.102. The lowest BCUT2D eigenvalue weighted by Crippen LogP contribution is -2.40. The van der Waals surface area contributed by atoms with Gasteiger partial charge in [-0.2, -0.15) is 0 Å². The van der Waals surface area contributed by atoms with Crippen LogP contribution in [0.3, 0.4) is 0 Å². The van der Waals surface area contributed by atoms with E-state index in [1.165, 1.54) is 12.1 Å².